The van der Waals surface area contributed by atoms with Crippen LogP contribution in [0.15, 0.2) is 0 Å². The smallest absolute Gasteiger partial charge is 0.0685 e. The predicted molar refractivity (Wildman–Crippen MR) is 53.8 cm³/mol. The maximum Gasteiger partial charge on any atom is 0.0685 e. The van der Waals surface area contributed by atoms with E-state index in [1.807, 2.05) is 7.05 Å². The van der Waals surface area contributed by atoms with Gasteiger partial charge in [0, 0.05) is 6.61 Å². The van der Waals surface area contributed by atoms with Crippen molar-refractivity contribution in [3.8, 4) is 0 Å². The standard InChI is InChI=1S/C11H21NO/c1-12-7-3-10-4-8-13-11(9-10)5-2-6-11/h10,12H,2-9H2,1H3. The van der Waals surface area contributed by atoms with Gasteiger partial charge in [-0.05, 0) is 58.0 Å². The van der Waals surface area contributed by atoms with Crippen LogP contribution in [0.3, 0.4) is 0 Å². The zero-order valence-electron chi connectivity index (χ0n) is 8.64. The fourth-order valence-corrected chi connectivity index (χ4v) is 2.64. The quantitative estimate of drug-likeness (QED) is 0.722. The molecule has 1 aliphatic carbocycles. The van der Waals surface area contributed by atoms with Gasteiger partial charge in [-0.3, -0.25) is 0 Å². The summed E-state index contributed by atoms with van der Waals surface area (Å²) in [5.41, 5.74) is 0.344. The summed E-state index contributed by atoms with van der Waals surface area (Å²) in [6, 6.07) is 0. The Bertz CT molecular complexity index is 165. The van der Waals surface area contributed by atoms with E-state index in [1.54, 1.807) is 0 Å². The Morgan fingerprint density at radius 2 is 2.31 bits per heavy atom. The summed E-state index contributed by atoms with van der Waals surface area (Å²) in [5.74, 6) is 0.918. The second-order valence-electron chi connectivity index (χ2n) is 4.64. The summed E-state index contributed by atoms with van der Waals surface area (Å²) in [4.78, 5) is 0. The van der Waals surface area contributed by atoms with Crippen LogP contribution < -0.4 is 5.32 Å². The van der Waals surface area contributed by atoms with Crippen LogP contribution in [0.2, 0.25) is 0 Å². The fraction of sp³-hybridized carbons (Fsp3) is 1.00. The molecule has 2 rings (SSSR count). The van der Waals surface area contributed by atoms with E-state index in [1.165, 1.54) is 45.1 Å². The van der Waals surface area contributed by atoms with Crippen molar-refractivity contribution in [1.29, 1.82) is 0 Å². The van der Waals surface area contributed by atoms with Gasteiger partial charge in [0.05, 0.1) is 5.60 Å². The molecule has 1 saturated heterocycles. The van der Waals surface area contributed by atoms with Gasteiger partial charge in [-0.15, -0.1) is 0 Å². The third-order valence-corrected chi connectivity index (χ3v) is 3.66. The highest BCUT2D eigenvalue weighted by molar-refractivity contribution is 4.93. The van der Waals surface area contributed by atoms with E-state index in [0.29, 0.717) is 5.60 Å². The molecule has 0 aromatic heterocycles. The molecule has 2 heteroatoms. The molecule has 1 unspecified atom stereocenters. The first-order chi connectivity index (χ1) is 6.35. The predicted octanol–water partition coefficient (Wildman–Crippen LogP) is 1.95. The Morgan fingerprint density at radius 1 is 1.46 bits per heavy atom. The molecule has 0 amide bonds. The molecular formula is C11H21NO. The van der Waals surface area contributed by atoms with Crippen LogP contribution >= 0.6 is 0 Å². The minimum atomic E-state index is 0.344. The molecule has 1 atom stereocenters. The molecule has 13 heavy (non-hydrogen) atoms. The lowest BCUT2D eigenvalue weighted by atomic mass is 9.71. The normalized spacial score (nSPS) is 31.6. The summed E-state index contributed by atoms with van der Waals surface area (Å²) in [5, 5.41) is 3.24. The Morgan fingerprint density at radius 3 is 2.92 bits per heavy atom. The highest BCUT2D eigenvalue weighted by Crippen LogP contribution is 2.44. The molecule has 0 radical (unpaired) electrons. The van der Waals surface area contributed by atoms with E-state index in [-0.39, 0.29) is 0 Å². The molecule has 2 fully saturated rings. The van der Waals surface area contributed by atoms with E-state index < -0.39 is 0 Å². The number of nitrogens with one attached hydrogen (secondary N) is 1. The largest absolute Gasteiger partial charge is 0.375 e. The fourth-order valence-electron chi connectivity index (χ4n) is 2.64. The lowest BCUT2D eigenvalue weighted by Gasteiger charge is -2.47. The van der Waals surface area contributed by atoms with Gasteiger partial charge in [-0.1, -0.05) is 0 Å². The highest BCUT2D eigenvalue weighted by atomic mass is 16.5. The van der Waals surface area contributed by atoms with Crippen molar-refractivity contribution in [2.24, 2.45) is 5.92 Å². The van der Waals surface area contributed by atoms with E-state index in [9.17, 15) is 0 Å². The minimum absolute atomic E-state index is 0.344. The second-order valence-corrected chi connectivity index (χ2v) is 4.64. The number of hydrogen-bond acceptors (Lipinski definition) is 2. The van der Waals surface area contributed by atoms with Crippen LogP contribution in [0.4, 0.5) is 0 Å². The first-order valence-corrected chi connectivity index (χ1v) is 5.63. The van der Waals surface area contributed by atoms with Crippen molar-refractivity contribution in [3.05, 3.63) is 0 Å². The van der Waals surface area contributed by atoms with E-state index in [4.69, 9.17) is 4.74 Å². The first-order valence-electron chi connectivity index (χ1n) is 5.63. The van der Waals surface area contributed by atoms with Gasteiger partial charge in [-0.25, -0.2) is 0 Å². The third-order valence-electron chi connectivity index (χ3n) is 3.66. The van der Waals surface area contributed by atoms with Crippen LogP contribution in [0.5, 0.6) is 0 Å². The zero-order valence-corrected chi connectivity index (χ0v) is 8.64. The molecule has 1 N–H and O–H groups in total. The molecule has 76 valence electrons. The number of ether oxygens (including phenoxy) is 1. The van der Waals surface area contributed by atoms with Crippen molar-refractivity contribution in [1.82, 2.24) is 5.32 Å². The summed E-state index contributed by atoms with van der Waals surface area (Å²) < 4.78 is 5.89. The first kappa shape index (κ1) is 9.47. The Labute approximate surface area is 81.0 Å². The van der Waals surface area contributed by atoms with Crippen molar-refractivity contribution in [2.75, 3.05) is 20.2 Å². The summed E-state index contributed by atoms with van der Waals surface area (Å²) in [6.07, 6.45) is 7.98. The van der Waals surface area contributed by atoms with E-state index >= 15 is 0 Å². The van der Waals surface area contributed by atoms with Crippen LogP contribution in [0.25, 0.3) is 0 Å². The summed E-state index contributed by atoms with van der Waals surface area (Å²) in [7, 11) is 2.04. The van der Waals surface area contributed by atoms with Gasteiger partial charge in [0.15, 0.2) is 0 Å². The Balaban J connectivity index is 1.78. The van der Waals surface area contributed by atoms with Gasteiger partial charge in [0.1, 0.15) is 0 Å². The van der Waals surface area contributed by atoms with Gasteiger partial charge in [0.25, 0.3) is 0 Å². The maximum atomic E-state index is 5.89. The monoisotopic (exact) mass is 183 g/mol. The van der Waals surface area contributed by atoms with Gasteiger partial charge >= 0.3 is 0 Å². The summed E-state index contributed by atoms with van der Waals surface area (Å²) >= 11 is 0. The molecule has 1 aliphatic heterocycles. The average molecular weight is 183 g/mol. The van der Waals surface area contributed by atoms with Crippen LogP contribution in [0.1, 0.15) is 38.5 Å². The molecule has 0 aromatic rings. The molecule has 0 aromatic carbocycles. The van der Waals surface area contributed by atoms with Gasteiger partial charge < -0.3 is 10.1 Å². The molecule has 1 spiro atoms. The summed E-state index contributed by atoms with van der Waals surface area (Å²) in [6.45, 7) is 2.18. The molecule has 0 bridgehead atoms. The van der Waals surface area contributed by atoms with Crippen molar-refractivity contribution in [2.45, 2.75) is 44.1 Å². The van der Waals surface area contributed by atoms with Crippen LogP contribution in [-0.4, -0.2) is 25.8 Å². The van der Waals surface area contributed by atoms with Crippen LogP contribution in [-0.2, 0) is 4.74 Å². The van der Waals surface area contributed by atoms with Crippen molar-refractivity contribution in [3.63, 3.8) is 0 Å². The van der Waals surface area contributed by atoms with Gasteiger partial charge in [-0.2, -0.15) is 0 Å². The molecule has 1 saturated carbocycles. The molecular weight excluding hydrogens is 162 g/mol. The molecule has 1 heterocycles. The second kappa shape index (κ2) is 3.97. The third kappa shape index (κ3) is 2.05. The SMILES string of the molecule is CNCCC1CCOC2(CCC2)C1. The zero-order chi connectivity index (χ0) is 9.15. The lowest BCUT2D eigenvalue weighted by Crippen LogP contribution is -2.45. The van der Waals surface area contributed by atoms with Crippen molar-refractivity contribution >= 4 is 0 Å². The maximum absolute atomic E-state index is 5.89. The number of hydrogen-bond donors (Lipinski definition) is 1. The van der Waals surface area contributed by atoms with Gasteiger partial charge in [0.2, 0.25) is 0 Å². The van der Waals surface area contributed by atoms with Crippen LogP contribution in [0, 0.1) is 5.92 Å². The van der Waals surface area contributed by atoms with E-state index in [2.05, 4.69) is 5.32 Å². The molecule has 2 nitrogen and oxygen atoms in total. The number of rotatable bonds is 3. The Kier molecular flexibility index (Phi) is 2.89. The Hall–Kier alpha value is -0.0800. The topological polar surface area (TPSA) is 21.3 Å². The lowest BCUT2D eigenvalue weighted by molar-refractivity contribution is -0.143. The highest BCUT2D eigenvalue weighted by Gasteiger charge is 2.42. The van der Waals surface area contributed by atoms with E-state index in [0.717, 1.165) is 12.5 Å². The van der Waals surface area contributed by atoms with Crippen molar-refractivity contribution < 1.29 is 4.74 Å². The minimum Gasteiger partial charge on any atom is -0.375 e. The average Bonchev–Trinajstić information content (AvgIpc) is 2.13. The molecule has 2 aliphatic rings.